The Balaban J connectivity index is 2.21. The molecule has 1 aromatic carbocycles. The summed E-state index contributed by atoms with van der Waals surface area (Å²) in [4.78, 5) is 24.1. The maximum atomic E-state index is 12.6. The van der Waals surface area contributed by atoms with Gasteiger partial charge in [-0.1, -0.05) is 19.4 Å². The lowest BCUT2D eigenvalue weighted by atomic mass is 10.1. The quantitative estimate of drug-likeness (QED) is 0.631. The van der Waals surface area contributed by atoms with E-state index in [-0.39, 0.29) is 11.5 Å². The van der Waals surface area contributed by atoms with Crippen molar-refractivity contribution in [3.63, 3.8) is 0 Å². The zero-order chi connectivity index (χ0) is 17.7. The number of nitrogens with one attached hydrogen (secondary N) is 2. The average molecular weight is 328 g/mol. The molecule has 1 aromatic heterocycles. The van der Waals surface area contributed by atoms with Gasteiger partial charge in [-0.3, -0.25) is 14.7 Å². The molecule has 128 valence electrons. The molecular weight excluding hydrogens is 304 g/mol. The Hall–Kier alpha value is -2.63. The lowest BCUT2D eigenvalue weighted by Gasteiger charge is -2.05. The standard InChI is InChI=1S/C18H24N4O2/c1-5-6-7-17(23)20-19-11-16-14(4)21-22(18(16)24)15-9-8-12(2)13(3)10-15/h8-11,21H,5-7H2,1-4H3,(H,20,23)/b19-11+. The van der Waals surface area contributed by atoms with E-state index in [0.717, 1.165) is 24.1 Å². The highest BCUT2D eigenvalue weighted by Crippen LogP contribution is 2.12. The Labute approximate surface area is 141 Å². The summed E-state index contributed by atoms with van der Waals surface area (Å²) in [5.74, 6) is -0.143. The third-order valence-electron chi connectivity index (χ3n) is 4.01. The van der Waals surface area contributed by atoms with Gasteiger partial charge in [0.25, 0.3) is 5.56 Å². The highest BCUT2D eigenvalue weighted by molar-refractivity contribution is 5.83. The molecule has 0 aliphatic rings. The molecule has 1 heterocycles. The van der Waals surface area contributed by atoms with Gasteiger partial charge < -0.3 is 0 Å². The Bertz CT molecular complexity index is 815. The molecule has 0 unspecified atom stereocenters. The third-order valence-corrected chi connectivity index (χ3v) is 4.01. The van der Waals surface area contributed by atoms with Crippen molar-refractivity contribution in [3.8, 4) is 5.69 Å². The fourth-order valence-corrected chi connectivity index (χ4v) is 2.32. The van der Waals surface area contributed by atoms with E-state index in [1.165, 1.54) is 16.5 Å². The maximum absolute atomic E-state index is 12.6. The van der Waals surface area contributed by atoms with Crippen LogP contribution in [0.3, 0.4) is 0 Å². The minimum Gasteiger partial charge on any atom is -0.295 e. The fourth-order valence-electron chi connectivity index (χ4n) is 2.32. The van der Waals surface area contributed by atoms with Crippen LogP contribution in [0.1, 0.15) is 48.6 Å². The van der Waals surface area contributed by atoms with Crippen molar-refractivity contribution in [2.45, 2.75) is 47.0 Å². The van der Waals surface area contributed by atoms with Crippen molar-refractivity contribution in [1.29, 1.82) is 0 Å². The molecule has 24 heavy (non-hydrogen) atoms. The summed E-state index contributed by atoms with van der Waals surface area (Å²) in [6, 6.07) is 5.84. The van der Waals surface area contributed by atoms with E-state index in [1.807, 2.05) is 39.0 Å². The van der Waals surface area contributed by atoms with Crippen molar-refractivity contribution in [2.24, 2.45) is 5.10 Å². The molecule has 6 nitrogen and oxygen atoms in total. The molecule has 0 atom stereocenters. The minimum atomic E-state index is -0.192. The zero-order valence-corrected chi connectivity index (χ0v) is 14.6. The Kier molecular flexibility index (Phi) is 5.73. The van der Waals surface area contributed by atoms with Crippen LogP contribution < -0.4 is 11.0 Å². The number of unbranched alkanes of at least 4 members (excludes halogenated alkanes) is 1. The van der Waals surface area contributed by atoms with Crippen LogP contribution in [0.4, 0.5) is 0 Å². The molecule has 0 bridgehead atoms. The number of hydrogen-bond donors (Lipinski definition) is 2. The SMILES string of the molecule is CCCCC(=O)N/N=C/c1c(C)[nH]n(-c2ccc(C)c(C)c2)c1=O. The molecule has 0 saturated carbocycles. The topological polar surface area (TPSA) is 79.2 Å². The predicted octanol–water partition coefficient (Wildman–Crippen LogP) is 2.73. The lowest BCUT2D eigenvalue weighted by Crippen LogP contribution is -2.20. The fraction of sp³-hybridized carbons (Fsp3) is 0.389. The normalized spacial score (nSPS) is 11.2. The van der Waals surface area contributed by atoms with Gasteiger partial charge in [0.1, 0.15) is 0 Å². The highest BCUT2D eigenvalue weighted by Gasteiger charge is 2.11. The molecule has 2 N–H and O–H groups in total. The number of amides is 1. The van der Waals surface area contributed by atoms with Crippen molar-refractivity contribution in [3.05, 3.63) is 50.9 Å². The number of carbonyl (C=O) groups is 1. The van der Waals surface area contributed by atoms with E-state index >= 15 is 0 Å². The number of aryl methyl sites for hydroxylation is 3. The molecule has 0 fully saturated rings. The summed E-state index contributed by atoms with van der Waals surface area (Å²) in [6.45, 7) is 7.86. The van der Waals surface area contributed by atoms with Gasteiger partial charge in [0, 0.05) is 12.1 Å². The third kappa shape index (κ3) is 4.01. The van der Waals surface area contributed by atoms with Crippen LogP contribution in [0.15, 0.2) is 28.1 Å². The molecule has 0 radical (unpaired) electrons. The first-order valence-electron chi connectivity index (χ1n) is 8.15. The molecule has 0 saturated heterocycles. The predicted molar refractivity (Wildman–Crippen MR) is 95.9 cm³/mol. The van der Waals surface area contributed by atoms with Gasteiger partial charge in [-0.25, -0.2) is 10.1 Å². The number of rotatable bonds is 6. The Morgan fingerprint density at radius 2 is 2.04 bits per heavy atom. The van der Waals surface area contributed by atoms with Crippen LogP contribution in [-0.4, -0.2) is 21.9 Å². The number of hydrogen-bond acceptors (Lipinski definition) is 3. The van der Waals surface area contributed by atoms with E-state index in [2.05, 4.69) is 15.6 Å². The smallest absolute Gasteiger partial charge is 0.280 e. The number of carbonyl (C=O) groups excluding carboxylic acids is 1. The van der Waals surface area contributed by atoms with Crippen LogP contribution in [0, 0.1) is 20.8 Å². The van der Waals surface area contributed by atoms with Gasteiger partial charge >= 0.3 is 0 Å². The summed E-state index contributed by atoms with van der Waals surface area (Å²) < 4.78 is 1.49. The first-order valence-corrected chi connectivity index (χ1v) is 8.15. The number of hydrazone groups is 1. The van der Waals surface area contributed by atoms with E-state index in [4.69, 9.17) is 0 Å². The molecule has 0 spiro atoms. The van der Waals surface area contributed by atoms with Crippen molar-refractivity contribution in [1.82, 2.24) is 15.2 Å². The number of H-pyrrole nitrogens is 1. The number of aromatic amines is 1. The molecule has 0 aliphatic carbocycles. The first-order chi connectivity index (χ1) is 11.4. The minimum absolute atomic E-state index is 0.143. The van der Waals surface area contributed by atoms with Crippen molar-refractivity contribution >= 4 is 12.1 Å². The average Bonchev–Trinajstić information content (AvgIpc) is 2.83. The lowest BCUT2D eigenvalue weighted by molar-refractivity contribution is -0.121. The number of nitrogens with zero attached hydrogens (tertiary/aromatic N) is 2. The molecule has 0 aliphatic heterocycles. The molecule has 2 aromatic rings. The second kappa shape index (κ2) is 7.77. The molecule has 1 amide bonds. The largest absolute Gasteiger partial charge is 0.295 e. The van der Waals surface area contributed by atoms with Gasteiger partial charge in [0.15, 0.2) is 0 Å². The monoisotopic (exact) mass is 328 g/mol. The van der Waals surface area contributed by atoms with Crippen LogP contribution in [0.5, 0.6) is 0 Å². The highest BCUT2D eigenvalue weighted by atomic mass is 16.2. The zero-order valence-electron chi connectivity index (χ0n) is 14.6. The van der Waals surface area contributed by atoms with Gasteiger partial charge in [-0.2, -0.15) is 5.10 Å². The number of benzene rings is 1. The van der Waals surface area contributed by atoms with Crippen molar-refractivity contribution < 1.29 is 4.79 Å². The van der Waals surface area contributed by atoms with Crippen LogP contribution >= 0.6 is 0 Å². The number of aromatic nitrogens is 2. The summed E-state index contributed by atoms with van der Waals surface area (Å²) in [5, 5.41) is 6.95. The second-order valence-corrected chi connectivity index (χ2v) is 5.96. The summed E-state index contributed by atoms with van der Waals surface area (Å²) in [7, 11) is 0. The summed E-state index contributed by atoms with van der Waals surface area (Å²) in [5.41, 5.74) is 6.46. The van der Waals surface area contributed by atoms with Crippen molar-refractivity contribution in [2.75, 3.05) is 0 Å². The van der Waals surface area contributed by atoms with Gasteiger partial charge in [-0.15, -0.1) is 0 Å². The summed E-state index contributed by atoms with van der Waals surface area (Å²) in [6.07, 6.45) is 3.61. The summed E-state index contributed by atoms with van der Waals surface area (Å²) >= 11 is 0. The molecule has 2 rings (SSSR count). The first kappa shape index (κ1) is 17.7. The van der Waals surface area contributed by atoms with Gasteiger partial charge in [0.2, 0.25) is 5.91 Å². The molecule has 6 heteroatoms. The van der Waals surface area contributed by atoms with Gasteiger partial charge in [0.05, 0.1) is 17.5 Å². The van der Waals surface area contributed by atoms with E-state index in [9.17, 15) is 9.59 Å². The second-order valence-electron chi connectivity index (χ2n) is 5.96. The maximum Gasteiger partial charge on any atom is 0.280 e. The van der Waals surface area contributed by atoms with E-state index < -0.39 is 0 Å². The van der Waals surface area contributed by atoms with Crippen LogP contribution in [0.2, 0.25) is 0 Å². The Morgan fingerprint density at radius 3 is 2.71 bits per heavy atom. The van der Waals surface area contributed by atoms with E-state index in [0.29, 0.717) is 17.7 Å². The van der Waals surface area contributed by atoms with E-state index in [1.54, 1.807) is 6.92 Å². The Morgan fingerprint density at radius 1 is 1.29 bits per heavy atom. The van der Waals surface area contributed by atoms with Crippen LogP contribution in [-0.2, 0) is 4.79 Å². The van der Waals surface area contributed by atoms with Crippen LogP contribution in [0.25, 0.3) is 5.69 Å². The molecular formula is C18H24N4O2. The van der Waals surface area contributed by atoms with Gasteiger partial charge in [-0.05, 0) is 50.5 Å².